The number of nitrogens with one attached hydrogen (secondary N) is 1. The van der Waals surface area contributed by atoms with Gasteiger partial charge in [0.25, 0.3) is 5.91 Å². The third-order valence-electron chi connectivity index (χ3n) is 4.41. The standard InChI is InChI=1S/C22H20F2N4O3/c1-3-31-22(30)28(2)19-8-6-15(10-17(19)23)18-7-5-16(13-25-18)21(29)27-12-14-4-9-20(24)26-11-14/h4-11,13H,3,12H2,1-2H3,(H,27,29). The maximum atomic E-state index is 14.5. The van der Waals surface area contributed by atoms with Crippen LogP contribution >= 0.6 is 0 Å². The van der Waals surface area contributed by atoms with E-state index in [1.165, 1.54) is 43.7 Å². The number of anilines is 1. The van der Waals surface area contributed by atoms with Crippen LogP contribution < -0.4 is 10.2 Å². The highest BCUT2D eigenvalue weighted by molar-refractivity contribution is 5.94. The summed E-state index contributed by atoms with van der Waals surface area (Å²) in [6.07, 6.45) is 2.07. The molecular formula is C22H20F2N4O3. The van der Waals surface area contributed by atoms with Crippen LogP contribution in [0.25, 0.3) is 11.3 Å². The minimum absolute atomic E-state index is 0.0773. The molecule has 1 aromatic carbocycles. The summed E-state index contributed by atoms with van der Waals surface area (Å²) < 4.78 is 32.2. The molecule has 0 saturated carbocycles. The van der Waals surface area contributed by atoms with E-state index in [1.54, 1.807) is 25.1 Å². The highest BCUT2D eigenvalue weighted by Gasteiger charge is 2.17. The van der Waals surface area contributed by atoms with Crippen molar-refractivity contribution >= 4 is 17.7 Å². The van der Waals surface area contributed by atoms with Crippen LogP contribution in [0.4, 0.5) is 19.3 Å². The van der Waals surface area contributed by atoms with E-state index in [0.717, 1.165) is 4.90 Å². The van der Waals surface area contributed by atoms with E-state index in [9.17, 15) is 18.4 Å². The van der Waals surface area contributed by atoms with Gasteiger partial charge < -0.3 is 10.1 Å². The van der Waals surface area contributed by atoms with Gasteiger partial charge in [0.15, 0.2) is 0 Å². The zero-order valence-corrected chi connectivity index (χ0v) is 16.9. The molecule has 0 bridgehead atoms. The molecule has 0 fully saturated rings. The van der Waals surface area contributed by atoms with E-state index >= 15 is 0 Å². The Labute approximate surface area is 177 Å². The van der Waals surface area contributed by atoms with Crippen LogP contribution in [0.15, 0.2) is 54.9 Å². The van der Waals surface area contributed by atoms with Crippen molar-refractivity contribution in [1.82, 2.24) is 15.3 Å². The molecule has 0 aliphatic heterocycles. The fraction of sp³-hybridized carbons (Fsp3) is 0.182. The van der Waals surface area contributed by atoms with Crippen LogP contribution in [-0.2, 0) is 11.3 Å². The molecule has 2 heterocycles. The van der Waals surface area contributed by atoms with Crippen molar-refractivity contribution in [2.24, 2.45) is 0 Å². The molecule has 9 heteroatoms. The molecular weight excluding hydrogens is 406 g/mol. The second-order valence-electron chi connectivity index (χ2n) is 6.53. The number of carbonyl (C=O) groups excluding carboxylic acids is 2. The summed E-state index contributed by atoms with van der Waals surface area (Å²) in [5.41, 5.74) is 2.00. The van der Waals surface area contributed by atoms with Gasteiger partial charge in [0.2, 0.25) is 5.95 Å². The molecule has 0 spiro atoms. The molecule has 1 N–H and O–H groups in total. The van der Waals surface area contributed by atoms with Gasteiger partial charge in [-0.15, -0.1) is 0 Å². The van der Waals surface area contributed by atoms with E-state index in [0.29, 0.717) is 22.4 Å². The van der Waals surface area contributed by atoms with Crippen molar-refractivity contribution in [2.75, 3.05) is 18.6 Å². The number of hydrogen-bond donors (Lipinski definition) is 1. The van der Waals surface area contributed by atoms with Crippen molar-refractivity contribution in [2.45, 2.75) is 13.5 Å². The first-order valence-corrected chi connectivity index (χ1v) is 9.44. The van der Waals surface area contributed by atoms with Crippen LogP contribution in [0.5, 0.6) is 0 Å². The fourth-order valence-corrected chi connectivity index (χ4v) is 2.75. The van der Waals surface area contributed by atoms with Crippen molar-refractivity contribution in [3.63, 3.8) is 0 Å². The van der Waals surface area contributed by atoms with Gasteiger partial charge in [-0.25, -0.2) is 14.2 Å². The monoisotopic (exact) mass is 426 g/mol. The molecule has 0 radical (unpaired) electrons. The van der Waals surface area contributed by atoms with Crippen molar-refractivity contribution in [3.8, 4) is 11.3 Å². The summed E-state index contributed by atoms with van der Waals surface area (Å²) in [4.78, 5) is 32.9. The van der Waals surface area contributed by atoms with Crippen molar-refractivity contribution in [1.29, 1.82) is 0 Å². The Morgan fingerprint density at radius 1 is 1.06 bits per heavy atom. The number of aromatic nitrogens is 2. The molecule has 0 aliphatic rings. The average Bonchev–Trinajstić information content (AvgIpc) is 2.78. The lowest BCUT2D eigenvalue weighted by Crippen LogP contribution is -2.27. The zero-order valence-electron chi connectivity index (χ0n) is 16.9. The van der Waals surface area contributed by atoms with Crippen LogP contribution in [0, 0.1) is 11.8 Å². The summed E-state index contributed by atoms with van der Waals surface area (Å²) in [7, 11) is 1.42. The highest BCUT2D eigenvalue weighted by atomic mass is 19.1. The maximum absolute atomic E-state index is 14.5. The molecule has 3 rings (SSSR count). The first-order chi connectivity index (χ1) is 14.9. The fourth-order valence-electron chi connectivity index (χ4n) is 2.75. The van der Waals surface area contributed by atoms with Gasteiger partial charge in [-0.1, -0.05) is 12.1 Å². The zero-order chi connectivity index (χ0) is 22.4. The van der Waals surface area contributed by atoms with E-state index in [4.69, 9.17) is 4.74 Å². The number of benzene rings is 1. The second kappa shape index (κ2) is 9.75. The third-order valence-corrected chi connectivity index (χ3v) is 4.41. The lowest BCUT2D eigenvalue weighted by Gasteiger charge is -2.17. The predicted molar refractivity (Wildman–Crippen MR) is 110 cm³/mol. The summed E-state index contributed by atoms with van der Waals surface area (Å²) in [6.45, 7) is 2.04. The number of carbonyl (C=O) groups is 2. The number of halogens is 2. The number of amides is 2. The molecule has 0 unspecified atom stereocenters. The van der Waals surface area contributed by atoms with Crippen LogP contribution in [0.3, 0.4) is 0 Å². The van der Waals surface area contributed by atoms with Crippen molar-refractivity contribution < 1.29 is 23.1 Å². The van der Waals surface area contributed by atoms with Gasteiger partial charge in [-0.2, -0.15) is 4.39 Å². The topological polar surface area (TPSA) is 84.4 Å². The van der Waals surface area contributed by atoms with Crippen molar-refractivity contribution in [3.05, 3.63) is 77.8 Å². The minimum Gasteiger partial charge on any atom is -0.449 e. The summed E-state index contributed by atoms with van der Waals surface area (Å²) >= 11 is 0. The largest absolute Gasteiger partial charge is 0.449 e. The predicted octanol–water partition coefficient (Wildman–Crippen LogP) is 3.94. The first-order valence-electron chi connectivity index (χ1n) is 9.44. The molecule has 0 aliphatic carbocycles. The highest BCUT2D eigenvalue weighted by Crippen LogP contribution is 2.25. The number of ether oxygens (including phenoxy) is 1. The normalized spacial score (nSPS) is 10.5. The molecule has 2 aromatic heterocycles. The molecule has 160 valence electrons. The number of rotatable bonds is 6. The van der Waals surface area contributed by atoms with E-state index in [-0.39, 0.29) is 24.7 Å². The number of hydrogen-bond acceptors (Lipinski definition) is 5. The van der Waals surface area contributed by atoms with Gasteiger partial charge in [0.1, 0.15) is 5.82 Å². The molecule has 0 atom stereocenters. The molecule has 31 heavy (non-hydrogen) atoms. The Balaban J connectivity index is 1.67. The van der Waals surface area contributed by atoms with Crippen LogP contribution in [-0.4, -0.2) is 35.6 Å². The van der Waals surface area contributed by atoms with Crippen LogP contribution in [0.1, 0.15) is 22.8 Å². The maximum Gasteiger partial charge on any atom is 0.414 e. The number of pyridine rings is 2. The quantitative estimate of drug-likeness (QED) is 0.604. The van der Waals surface area contributed by atoms with Gasteiger partial charge in [0.05, 0.1) is 23.6 Å². The molecule has 7 nitrogen and oxygen atoms in total. The lowest BCUT2D eigenvalue weighted by atomic mass is 10.1. The summed E-state index contributed by atoms with van der Waals surface area (Å²) in [5.74, 6) is -1.56. The summed E-state index contributed by atoms with van der Waals surface area (Å²) in [5, 5.41) is 2.69. The molecule has 3 aromatic rings. The van der Waals surface area contributed by atoms with Crippen LogP contribution in [0.2, 0.25) is 0 Å². The second-order valence-corrected chi connectivity index (χ2v) is 6.53. The van der Waals surface area contributed by atoms with Gasteiger partial charge in [-0.3, -0.25) is 14.7 Å². The molecule has 2 amide bonds. The smallest absolute Gasteiger partial charge is 0.414 e. The van der Waals surface area contributed by atoms with Gasteiger partial charge >= 0.3 is 6.09 Å². The number of nitrogens with zero attached hydrogens (tertiary/aromatic N) is 3. The van der Waals surface area contributed by atoms with E-state index in [1.807, 2.05) is 0 Å². The Kier molecular flexibility index (Phi) is 6.86. The van der Waals surface area contributed by atoms with Gasteiger partial charge in [-0.05, 0) is 42.8 Å². The van der Waals surface area contributed by atoms with Gasteiger partial charge in [0, 0.05) is 31.5 Å². The average molecular weight is 426 g/mol. The SMILES string of the molecule is CCOC(=O)N(C)c1ccc(-c2ccc(C(=O)NCc3ccc(F)nc3)cn2)cc1F. The Bertz CT molecular complexity index is 1070. The Morgan fingerprint density at radius 2 is 1.87 bits per heavy atom. The Morgan fingerprint density at radius 3 is 2.48 bits per heavy atom. The van der Waals surface area contributed by atoms with E-state index in [2.05, 4.69) is 15.3 Å². The molecule has 0 saturated heterocycles. The Hall–Kier alpha value is -3.88. The third kappa shape index (κ3) is 5.39. The minimum atomic E-state index is -0.654. The first kappa shape index (κ1) is 21.8. The summed E-state index contributed by atoms with van der Waals surface area (Å²) in [6, 6.07) is 10.2. The van der Waals surface area contributed by atoms with E-state index < -0.39 is 17.9 Å². The lowest BCUT2D eigenvalue weighted by molar-refractivity contribution is 0.0950.